The average Bonchev–Trinajstić information content (AvgIpc) is 2.79. The van der Waals surface area contributed by atoms with Crippen LogP contribution in [0.2, 0.25) is 0 Å². The van der Waals surface area contributed by atoms with Gasteiger partial charge in [0.2, 0.25) is 0 Å². The highest BCUT2D eigenvalue weighted by molar-refractivity contribution is 5.86. The van der Waals surface area contributed by atoms with E-state index in [0.29, 0.717) is 91.5 Å². The van der Waals surface area contributed by atoms with E-state index in [9.17, 15) is 9.59 Å². The van der Waals surface area contributed by atoms with E-state index in [1.807, 2.05) is 0 Å². The Balaban J connectivity index is 3.08. The third kappa shape index (κ3) is 23.1. The molecular formula is C21H38O11. The average molecular weight is 467 g/mol. The second-order valence-electron chi connectivity index (χ2n) is 6.22. The van der Waals surface area contributed by atoms with Crippen molar-refractivity contribution in [2.24, 2.45) is 0 Å². The molecule has 0 amide bonds. The molecule has 0 fully saturated rings. The van der Waals surface area contributed by atoms with Crippen LogP contribution in [0.25, 0.3) is 0 Å². The maximum absolute atomic E-state index is 11.1. The van der Waals surface area contributed by atoms with Gasteiger partial charge in [0.15, 0.2) is 0 Å². The third-order valence-electron chi connectivity index (χ3n) is 3.49. The SMILES string of the molecule is C=C(C)C(=O)OCCOCCOCCOCCOCCOCCOCCOCC(=O)OC. The van der Waals surface area contributed by atoms with Crippen LogP contribution in [0.5, 0.6) is 0 Å². The highest BCUT2D eigenvalue weighted by Gasteiger charge is 2.02. The number of ether oxygens (including phenoxy) is 9. The number of methoxy groups -OCH3 is 1. The summed E-state index contributed by atoms with van der Waals surface area (Å²) < 4.78 is 46.4. The zero-order valence-electron chi connectivity index (χ0n) is 19.3. The van der Waals surface area contributed by atoms with E-state index in [2.05, 4.69) is 11.3 Å². The maximum Gasteiger partial charge on any atom is 0.333 e. The molecule has 0 bridgehead atoms. The van der Waals surface area contributed by atoms with Crippen LogP contribution in [0.3, 0.4) is 0 Å². The fraction of sp³-hybridized carbons (Fsp3) is 0.810. The summed E-state index contributed by atoms with van der Waals surface area (Å²) in [5, 5.41) is 0. The van der Waals surface area contributed by atoms with E-state index in [-0.39, 0.29) is 13.2 Å². The molecule has 0 aliphatic carbocycles. The first-order valence-corrected chi connectivity index (χ1v) is 10.5. The van der Waals surface area contributed by atoms with Crippen LogP contribution in [-0.2, 0) is 52.2 Å². The molecule has 0 saturated carbocycles. The molecule has 0 radical (unpaired) electrons. The Morgan fingerprint density at radius 1 is 0.562 bits per heavy atom. The topological polar surface area (TPSA) is 117 Å². The first-order chi connectivity index (χ1) is 15.6. The van der Waals surface area contributed by atoms with E-state index in [1.54, 1.807) is 6.92 Å². The maximum atomic E-state index is 11.1. The first-order valence-electron chi connectivity index (χ1n) is 10.5. The third-order valence-corrected chi connectivity index (χ3v) is 3.49. The number of carbonyl (C=O) groups excluding carboxylic acids is 2. The van der Waals surface area contributed by atoms with E-state index in [0.717, 1.165) is 0 Å². The lowest BCUT2D eigenvalue weighted by Gasteiger charge is -2.08. The number of carbonyl (C=O) groups is 2. The molecular weight excluding hydrogens is 428 g/mol. The summed E-state index contributed by atoms with van der Waals surface area (Å²) in [6, 6.07) is 0. The Morgan fingerprint density at radius 2 is 0.875 bits per heavy atom. The summed E-state index contributed by atoms with van der Waals surface area (Å²) in [6.45, 7) is 10.8. The standard InChI is InChI=1S/C21H38O11/c1-19(2)21(23)32-17-16-30-13-12-28-9-8-26-5-4-25-6-7-27-10-11-29-14-15-31-18-20(22)24-3/h1,4-18H2,2-3H3. The second kappa shape index (κ2) is 24.1. The second-order valence-corrected chi connectivity index (χ2v) is 6.22. The fourth-order valence-corrected chi connectivity index (χ4v) is 1.85. The molecule has 0 atom stereocenters. The Bertz CT molecular complexity index is 471. The van der Waals surface area contributed by atoms with Gasteiger partial charge < -0.3 is 42.6 Å². The van der Waals surface area contributed by atoms with E-state index >= 15 is 0 Å². The zero-order chi connectivity index (χ0) is 23.7. The summed E-state index contributed by atoms with van der Waals surface area (Å²) in [5.41, 5.74) is 0.367. The molecule has 11 heteroatoms. The summed E-state index contributed by atoms with van der Waals surface area (Å²) in [4.78, 5) is 21.9. The Labute approximate surface area is 190 Å². The Hall–Kier alpha value is -1.60. The van der Waals surface area contributed by atoms with Gasteiger partial charge in [0.25, 0.3) is 0 Å². The van der Waals surface area contributed by atoms with Crippen LogP contribution in [0.1, 0.15) is 6.92 Å². The molecule has 32 heavy (non-hydrogen) atoms. The lowest BCUT2D eigenvalue weighted by atomic mass is 10.4. The van der Waals surface area contributed by atoms with Crippen molar-refractivity contribution in [3.8, 4) is 0 Å². The molecule has 0 aromatic carbocycles. The van der Waals surface area contributed by atoms with Gasteiger partial charge in [-0.05, 0) is 6.92 Å². The summed E-state index contributed by atoms with van der Waals surface area (Å²) in [7, 11) is 1.31. The molecule has 0 spiro atoms. The summed E-state index contributed by atoms with van der Waals surface area (Å²) in [6.07, 6.45) is 0. The van der Waals surface area contributed by atoms with Crippen molar-refractivity contribution in [2.75, 3.05) is 106 Å². The fourth-order valence-electron chi connectivity index (χ4n) is 1.85. The van der Waals surface area contributed by atoms with Crippen LogP contribution in [0, 0.1) is 0 Å². The van der Waals surface area contributed by atoms with Gasteiger partial charge in [-0.3, -0.25) is 0 Å². The number of rotatable bonds is 24. The zero-order valence-corrected chi connectivity index (χ0v) is 19.3. The molecule has 0 aliphatic heterocycles. The van der Waals surface area contributed by atoms with Gasteiger partial charge in [-0.2, -0.15) is 0 Å². The molecule has 11 nitrogen and oxygen atoms in total. The summed E-state index contributed by atoms with van der Waals surface area (Å²) >= 11 is 0. The van der Waals surface area contributed by atoms with Crippen molar-refractivity contribution >= 4 is 11.9 Å². The van der Waals surface area contributed by atoms with Crippen LogP contribution < -0.4 is 0 Å². The van der Waals surface area contributed by atoms with Gasteiger partial charge in [0, 0.05) is 5.57 Å². The van der Waals surface area contributed by atoms with E-state index in [1.165, 1.54) is 7.11 Å². The van der Waals surface area contributed by atoms with Crippen molar-refractivity contribution in [1.29, 1.82) is 0 Å². The molecule has 0 unspecified atom stereocenters. The van der Waals surface area contributed by atoms with Gasteiger partial charge in [-0.15, -0.1) is 0 Å². The Morgan fingerprint density at radius 3 is 1.19 bits per heavy atom. The monoisotopic (exact) mass is 466 g/mol. The number of hydrogen-bond acceptors (Lipinski definition) is 11. The highest BCUT2D eigenvalue weighted by Crippen LogP contribution is 1.91. The Kier molecular flexibility index (Phi) is 22.8. The van der Waals surface area contributed by atoms with Gasteiger partial charge in [-0.25, -0.2) is 9.59 Å². The van der Waals surface area contributed by atoms with Gasteiger partial charge in [0.1, 0.15) is 13.2 Å². The highest BCUT2D eigenvalue weighted by atomic mass is 16.6. The first kappa shape index (κ1) is 30.4. The lowest BCUT2D eigenvalue weighted by Crippen LogP contribution is -2.16. The van der Waals surface area contributed by atoms with Crippen molar-refractivity contribution in [1.82, 2.24) is 0 Å². The lowest BCUT2D eigenvalue weighted by molar-refractivity contribution is -0.146. The molecule has 0 saturated heterocycles. The molecule has 0 aliphatic rings. The predicted molar refractivity (Wildman–Crippen MR) is 114 cm³/mol. The minimum atomic E-state index is -0.416. The number of esters is 2. The van der Waals surface area contributed by atoms with E-state index < -0.39 is 11.9 Å². The predicted octanol–water partition coefficient (Wildman–Crippen LogP) is 0.395. The molecule has 188 valence electrons. The van der Waals surface area contributed by atoms with Crippen molar-refractivity contribution < 1.29 is 52.2 Å². The minimum absolute atomic E-state index is 0.0722. The molecule has 0 aromatic heterocycles. The van der Waals surface area contributed by atoms with Crippen LogP contribution in [0.4, 0.5) is 0 Å². The summed E-state index contributed by atoms with van der Waals surface area (Å²) in [5.74, 6) is -0.827. The van der Waals surface area contributed by atoms with Gasteiger partial charge >= 0.3 is 11.9 Å². The van der Waals surface area contributed by atoms with Crippen molar-refractivity contribution in [3.05, 3.63) is 12.2 Å². The quantitative estimate of drug-likeness (QED) is 0.112. The van der Waals surface area contributed by atoms with Crippen LogP contribution >= 0.6 is 0 Å². The molecule has 0 heterocycles. The van der Waals surface area contributed by atoms with Crippen LogP contribution in [0.15, 0.2) is 12.2 Å². The van der Waals surface area contributed by atoms with Crippen molar-refractivity contribution in [3.63, 3.8) is 0 Å². The normalized spacial score (nSPS) is 10.8. The molecule has 0 aromatic rings. The van der Waals surface area contributed by atoms with Gasteiger partial charge in [-0.1, -0.05) is 6.58 Å². The molecule has 0 rings (SSSR count). The smallest absolute Gasteiger partial charge is 0.333 e. The minimum Gasteiger partial charge on any atom is -0.467 e. The number of hydrogen-bond donors (Lipinski definition) is 0. The van der Waals surface area contributed by atoms with Crippen molar-refractivity contribution in [2.45, 2.75) is 6.92 Å². The largest absolute Gasteiger partial charge is 0.467 e. The molecule has 0 N–H and O–H groups in total. The van der Waals surface area contributed by atoms with Gasteiger partial charge in [0.05, 0.1) is 93.0 Å². The van der Waals surface area contributed by atoms with E-state index in [4.69, 9.17) is 37.9 Å². The van der Waals surface area contributed by atoms with Crippen LogP contribution in [-0.4, -0.2) is 118 Å².